The zero-order valence-corrected chi connectivity index (χ0v) is 23.5. The van der Waals surface area contributed by atoms with E-state index in [0.717, 1.165) is 35.0 Å². The van der Waals surface area contributed by atoms with Crippen LogP contribution >= 0.6 is 23.2 Å². The predicted molar refractivity (Wildman–Crippen MR) is 153 cm³/mol. The summed E-state index contributed by atoms with van der Waals surface area (Å²) in [5.74, 6) is -1.33. The van der Waals surface area contributed by atoms with Gasteiger partial charge in [0.2, 0.25) is 5.91 Å². The zero-order chi connectivity index (χ0) is 28.2. The van der Waals surface area contributed by atoms with Crippen LogP contribution in [0.3, 0.4) is 0 Å². The summed E-state index contributed by atoms with van der Waals surface area (Å²) in [5.41, 5.74) is 2.76. The lowest BCUT2D eigenvalue weighted by molar-refractivity contribution is -0.128. The summed E-state index contributed by atoms with van der Waals surface area (Å²) in [6.07, 6.45) is 2.77. The molecule has 0 unspecified atom stereocenters. The Balaban J connectivity index is 1.40. The lowest BCUT2D eigenvalue weighted by atomic mass is 9.73. The maximum atomic E-state index is 16.1. The van der Waals surface area contributed by atoms with E-state index in [-0.39, 0.29) is 23.0 Å². The molecule has 4 aliphatic rings. The van der Waals surface area contributed by atoms with E-state index in [1.165, 1.54) is 13.2 Å². The summed E-state index contributed by atoms with van der Waals surface area (Å²) < 4.78 is 23.0. The topological polar surface area (TPSA) is 76.5 Å². The van der Waals surface area contributed by atoms with Gasteiger partial charge in [0, 0.05) is 52.3 Å². The zero-order valence-electron chi connectivity index (χ0n) is 22.0. The summed E-state index contributed by atoms with van der Waals surface area (Å²) in [6, 6.07) is 15.3. The van der Waals surface area contributed by atoms with E-state index in [1.54, 1.807) is 30.3 Å². The normalized spacial score (nSPS) is 26.3. The number of fused-ring (bicyclic) bond motifs is 7. The first-order chi connectivity index (χ1) is 19.8. The van der Waals surface area contributed by atoms with Gasteiger partial charge in [0.15, 0.2) is 0 Å². The minimum Gasteiger partial charge on any atom is -0.465 e. The molecule has 208 valence electrons. The van der Waals surface area contributed by atoms with E-state index in [0.29, 0.717) is 40.7 Å². The minimum atomic E-state index is -1.18. The predicted octanol–water partition coefficient (Wildman–Crippen LogP) is 6.09. The van der Waals surface area contributed by atoms with Crippen molar-refractivity contribution in [3.63, 3.8) is 0 Å². The standard InChI is InChI=1S/C31H25Cl2FN4O3/c1-41-29(39)16-7-10-22-19(11-16)24-13-25-28(38(24)36-22)26(18-3-2-4-21(33)27(18)34)31(37(25)14-15-5-6-15)20-9-8-17(32)12-23(20)35-30(31)40/h2-4,7-12,15,25-26,28H,5-6,13-14H2,1H3,(H,35,40)/t25-,26-,28+,31+/m0/s1. The quantitative estimate of drug-likeness (QED) is 0.291. The number of carbonyl (C=O) groups is 2. The molecule has 1 aliphatic carbocycles. The Morgan fingerprint density at radius 2 is 2.00 bits per heavy atom. The van der Waals surface area contributed by atoms with Gasteiger partial charge in [-0.25, -0.2) is 9.18 Å². The number of rotatable bonds is 4. The molecule has 3 aromatic carbocycles. The van der Waals surface area contributed by atoms with Crippen LogP contribution in [0.1, 0.15) is 52.0 Å². The Labute approximate surface area is 245 Å². The third-order valence-electron chi connectivity index (χ3n) is 9.40. The number of carbonyl (C=O) groups excluding carboxylic acids is 2. The molecule has 0 radical (unpaired) electrons. The van der Waals surface area contributed by atoms with E-state index in [4.69, 9.17) is 33.0 Å². The fourth-order valence-corrected chi connectivity index (χ4v) is 7.94. The highest BCUT2D eigenvalue weighted by molar-refractivity contribution is 6.31. The van der Waals surface area contributed by atoms with Crippen LogP contribution in [-0.4, -0.2) is 46.3 Å². The van der Waals surface area contributed by atoms with Crippen LogP contribution in [-0.2, 0) is 21.5 Å². The minimum absolute atomic E-state index is 0.0103. The van der Waals surface area contributed by atoms with Gasteiger partial charge in [0.1, 0.15) is 11.4 Å². The van der Waals surface area contributed by atoms with E-state index in [2.05, 4.69) is 10.2 Å². The number of aromatic nitrogens is 2. The Morgan fingerprint density at radius 3 is 2.78 bits per heavy atom. The van der Waals surface area contributed by atoms with Crippen LogP contribution in [0.15, 0.2) is 54.6 Å². The first kappa shape index (κ1) is 25.3. The molecule has 1 aromatic heterocycles. The van der Waals surface area contributed by atoms with Gasteiger partial charge in [-0.1, -0.05) is 41.4 Å². The molecule has 10 heteroatoms. The smallest absolute Gasteiger partial charge is 0.337 e. The van der Waals surface area contributed by atoms with Crippen LogP contribution in [0, 0.1) is 11.7 Å². The highest BCUT2D eigenvalue weighted by atomic mass is 35.5. The maximum absolute atomic E-state index is 16.1. The molecule has 0 bridgehead atoms. The van der Waals surface area contributed by atoms with Crippen molar-refractivity contribution < 1.29 is 18.7 Å². The first-order valence-electron chi connectivity index (χ1n) is 13.7. The number of hydrogen-bond acceptors (Lipinski definition) is 5. The van der Waals surface area contributed by atoms with Crippen LogP contribution in [0.4, 0.5) is 10.1 Å². The Kier molecular flexibility index (Phi) is 5.40. The van der Waals surface area contributed by atoms with Crippen LogP contribution in [0.2, 0.25) is 10.0 Å². The molecule has 1 spiro atoms. The molecule has 1 saturated carbocycles. The number of anilines is 1. The molecule has 2 fully saturated rings. The van der Waals surface area contributed by atoms with Crippen molar-refractivity contribution in [3.8, 4) is 0 Å². The summed E-state index contributed by atoms with van der Waals surface area (Å²) in [4.78, 5) is 29.0. The van der Waals surface area contributed by atoms with E-state index in [1.807, 2.05) is 22.9 Å². The number of likely N-dealkylation sites (tertiary alicyclic amines) is 1. The van der Waals surface area contributed by atoms with Crippen LogP contribution in [0.25, 0.3) is 10.9 Å². The number of esters is 1. The number of nitrogens with one attached hydrogen (secondary N) is 1. The molecule has 4 aromatic rings. The van der Waals surface area contributed by atoms with Gasteiger partial charge in [-0.05, 0) is 60.7 Å². The van der Waals surface area contributed by atoms with Gasteiger partial charge < -0.3 is 10.1 Å². The Morgan fingerprint density at radius 1 is 1.17 bits per heavy atom. The third-order valence-corrected chi connectivity index (χ3v) is 9.93. The molecule has 3 aliphatic heterocycles. The molecule has 8 rings (SSSR count). The second-order valence-corrected chi connectivity index (χ2v) is 12.3. The number of halogens is 3. The molecule has 1 N–H and O–H groups in total. The molecule has 4 atom stereocenters. The Hall–Kier alpha value is -3.46. The average molecular weight is 591 g/mol. The number of nitrogens with zero attached hydrogens (tertiary/aromatic N) is 3. The van der Waals surface area contributed by atoms with Gasteiger partial charge >= 0.3 is 5.97 Å². The van der Waals surface area contributed by atoms with Crippen molar-refractivity contribution in [1.82, 2.24) is 14.7 Å². The lowest BCUT2D eigenvalue weighted by Crippen LogP contribution is -2.53. The SMILES string of the molecule is COC(=O)c1ccc2nn3c(c2c1)C[C@H]1[C@@H]3[C@H](c2cccc(Cl)c2F)[C@]2(C(=O)Nc3cc(Cl)ccc32)N1CC1CC1. The Bertz CT molecular complexity index is 1800. The monoisotopic (exact) mass is 590 g/mol. The molecule has 41 heavy (non-hydrogen) atoms. The van der Waals surface area contributed by atoms with E-state index in [9.17, 15) is 9.59 Å². The number of hydrogen-bond donors (Lipinski definition) is 1. The molecular formula is C31H25Cl2FN4O3. The fourth-order valence-electron chi connectivity index (χ4n) is 7.59. The summed E-state index contributed by atoms with van der Waals surface area (Å²) in [5, 5.41) is 9.47. The number of benzene rings is 3. The highest BCUT2D eigenvalue weighted by Crippen LogP contribution is 2.64. The van der Waals surface area contributed by atoms with Gasteiger partial charge in [0.05, 0.1) is 29.3 Å². The van der Waals surface area contributed by atoms with Gasteiger partial charge in [-0.15, -0.1) is 0 Å². The summed E-state index contributed by atoms with van der Waals surface area (Å²) in [6.45, 7) is 0.700. The summed E-state index contributed by atoms with van der Waals surface area (Å²) in [7, 11) is 1.36. The molecular weight excluding hydrogens is 566 g/mol. The van der Waals surface area contributed by atoms with Gasteiger partial charge in [-0.2, -0.15) is 5.10 Å². The maximum Gasteiger partial charge on any atom is 0.337 e. The first-order valence-corrected chi connectivity index (χ1v) is 14.5. The second kappa shape index (κ2) is 8.77. The van der Waals surface area contributed by atoms with Crippen molar-refractivity contribution >= 4 is 51.7 Å². The largest absolute Gasteiger partial charge is 0.465 e. The fraction of sp³-hybridized carbons (Fsp3) is 0.323. The second-order valence-electron chi connectivity index (χ2n) is 11.5. The highest BCUT2D eigenvalue weighted by Gasteiger charge is 2.69. The average Bonchev–Trinajstić information content (AvgIpc) is 3.41. The molecule has 4 heterocycles. The van der Waals surface area contributed by atoms with Gasteiger partial charge in [-0.3, -0.25) is 14.4 Å². The van der Waals surface area contributed by atoms with Crippen molar-refractivity contribution in [2.45, 2.75) is 42.8 Å². The van der Waals surface area contributed by atoms with Gasteiger partial charge in [0.25, 0.3) is 0 Å². The van der Waals surface area contributed by atoms with Crippen molar-refractivity contribution in [3.05, 3.63) is 92.8 Å². The van der Waals surface area contributed by atoms with Crippen molar-refractivity contribution in [1.29, 1.82) is 0 Å². The van der Waals surface area contributed by atoms with Crippen LogP contribution < -0.4 is 5.32 Å². The third kappa shape index (κ3) is 3.38. The van der Waals surface area contributed by atoms with E-state index < -0.39 is 23.2 Å². The molecule has 1 amide bonds. The van der Waals surface area contributed by atoms with Crippen LogP contribution in [0.5, 0.6) is 0 Å². The lowest BCUT2D eigenvalue weighted by Gasteiger charge is -2.40. The van der Waals surface area contributed by atoms with Crippen molar-refractivity contribution in [2.24, 2.45) is 5.92 Å². The molecule has 1 saturated heterocycles. The number of amides is 1. The molecule has 7 nitrogen and oxygen atoms in total. The van der Waals surface area contributed by atoms with E-state index >= 15 is 4.39 Å². The number of methoxy groups -OCH3 is 1. The number of ether oxygens (including phenoxy) is 1. The van der Waals surface area contributed by atoms with Crippen molar-refractivity contribution in [2.75, 3.05) is 19.0 Å². The summed E-state index contributed by atoms with van der Waals surface area (Å²) >= 11 is 12.7.